The van der Waals surface area contributed by atoms with Gasteiger partial charge in [-0.1, -0.05) is 18.2 Å². The van der Waals surface area contributed by atoms with Crippen molar-refractivity contribution in [1.82, 2.24) is 9.88 Å². The van der Waals surface area contributed by atoms with Crippen molar-refractivity contribution in [1.29, 1.82) is 0 Å². The molecule has 1 aliphatic heterocycles. The molecule has 5 heteroatoms. The fourth-order valence-corrected chi connectivity index (χ4v) is 5.42. The monoisotopic (exact) mass is 390 g/mol. The number of nitrogens with zero attached hydrogens (tertiary/aromatic N) is 2. The van der Waals surface area contributed by atoms with Gasteiger partial charge in [-0.3, -0.25) is 4.98 Å². The summed E-state index contributed by atoms with van der Waals surface area (Å²) in [5.41, 5.74) is 2.61. The van der Waals surface area contributed by atoms with E-state index < -0.39 is 11.0 Å². The van der Waals surface area contributed by atoms with Gasteiger partial charge in [-0.05, 0) is 61.5 Å². The normalized spacial score (nSPS) is 26.7. The third-order valence-corrected chi connectivity index (χ3v) is 6.90. The number of benzene rings is 2. The quantitative estimate of drug-likeness (QED) is 0.704. The molecule has 5 rings (SSSR count). The molecule has 0 spiro atoms. The molecule has 0 saturated carbocycles. The Hall–Kier alpha value is -2.63. The van der Waals surface area contributed by atoms with Crippen molar-refractivity contribution < 1.29 is 14.9 Å². The molecule has 1 fully saturated rings. The second-order valence-corrected chi connectivity index (χ2v) is 8.63. The average Bonchev–Trinajstić information content (AvgIpc) is 2.70. The Kier molecular flexibility index (Phi) is 4.09. The second-order valence-electron chi connectivity index (χ2n) is 8.63. The summed E-state index contributed by atoms with van der Waals surface area (Å²) in [6, 6.07) is 15.4. The Morgan fingerprint density at radius 3 is 2.72 bits per heavy atom. The fourth-order valence-electron chi connectivity index (χ4n) is 5.42. The first-order chi connectivity index (χ1) is 13.9. The van der Waals surface area contributed by atoms with E-state index in [1.54, 1.807) is 13.2 Å². The SMILES string of the molecule is COc1cccc2nc3c(cc12)C[C@]1(O)CN(C)CC[C@@]1(c1cccc(O)c1)C3. The predicted octanol–water partition coefficient (Wildman–Crippen LogP) is 3.05. The van der Waals surface area contributed by atoms with Crippen LogP contribution in [0.5, 0.6) is 11.5 Å². The zero-order valence-corrected chi connectivity index (χ0v) is 16.9. The highest BCUT2D eigenvalue weighted by Crippen LogP contribution is 2.50. The first kappa shape index (κ1) is 18.4. The van der Waals surface area contributed by atoms with E-state index in [1.165, 1.54) is 0 Å². The molecule has 2 heterocycles. The van der Waals surface area contributed by atoms with Crippen molar-refractivity contribution in [3.8, 4) is 11.5 Å². The van der Waals surface area contributed by atoms with Gasteiger partial charge in [0.25, 0.3) is 0 Å². The highest BCUT2D eigenvalue weighted by molar-refractivity contribution is 5.86. The van der Waals surface area contributed by atoms with Crippen LogP contribution in [0.15, 0.2) is 48.5 Å². The molecule has 2 aliphatic rings. The predicted molar refractivity (Wildman–Crippen MR) is 113 cm³/mol. The van der Waals surface area contributed by atoms with Crippen LogP contribution in [0.25, 0.3) is 10.9 Å². The van der Waals surface area contributed by atoms with E-state index in [-0.39, 0.29) is 5.75 Å². The second kappa shape index (κ2) is 6.44. The summed E-state index contributed by atoms with van der Waals surface area (Å²) in [5, 5.41) is 23.1. The molecule has 5 nitrogen and oxygen atoms in total. The number of phenols is 1. The van der Waals surface area contributed by atoms with Gasteiger partial charge in [0, 0.05) is 35.9 Å². The van der Waals surface area contributed by atoms with Gasteiger partial charge in [-0.25, -0.2) is 0 Å². The fraction of sp³-hybridized carbons (Fsp3) is 0.375. The number of phenolic OH excluding ortho intramolecular Hbond substituents is 1. The van der Waals surface area contributed by atoms with Crippen LogP contribution in [0, 0.1) is 0 Å². The number of ether oxygens (including phenoxy) is 1. The van der Waals surface area contributed by atoms with E-state index in [0.29, 0.717) is 19.4 Å². The molecular formula is C24H26N2O3. The minimum Gasteiger partial charge on any atom is -0.508 e. The van der Waals surface area contributed by atoms with Crippen LogP contribution in [-0.2, 0) is 18.3 Å². The maximum Gasteiger partial charge on any atom is 0.128 e. The molecular weight excluding hydrogens is 364 g/mol. The third-order valence-electron chi connectivity index (χ3n) is 6.90. The number of rotatable bonds is 2. The van der Waals surface area contributed by atoms with E-state index in [2.05, 4.69) is 18.0 Å². The number of pyridine rings is 1. The highest BCUT2D eigenvalue weighted by atomic mass is 16.5. The minimum absolute atomic E-state index is 0.236. The number of methoxy groups -OCH3 is 1. The van der Waals surface area contributed by atoms with Crippen molar-refractivity contribution in [3.63, 3.8) is 0 Å². The van der Waals surface area contributed by atoms with Crippen LogP contribution >= 0.6 is 0 Å². The van der Waals surface area contributed by atoms with Gasteiger partial charge in [-0.15, -0.1) is 0 Å². The molecule has 0 bridgehead atoms. The Balaban J connectivity index is 1.71. The van der Waals surface area contributed by atoms with Gasteiger partial charge in [0.2, 0.25) is 0 Å². The van der Waals surface area contributed by atoms with Crippen LogP contribution < -0.4 is 4.74 Å². The largest absolute Gasteiger partial charge is 0.508 e. The zero-order chi connectivity index (χ0) is 20.2. The molecule has 2 atom stereocenters. The number of hydrogen-bond donors (Lipinski definition) is 2. The summed E-state index contributed by atoms with van der Waals surface area (Å²) in [4.78, 5) is 7.19. The number of likely N-dealkylation sites (tertiary alicyclic amines) is 1. The molecule has 29 heavy (non-hydrogen) atoms. The number of piperidine rings is 1. The summed E-state index contributed by atoms with van der Waals surface area (Å²) in [6.45, 7) is 1.49. The van der Waals surface area contributed by atoms with E-state index in [1.807, 2.05) is 36.4 Å². The maximum absolute atomic E-state index is 12.0. The van der Waals surface area contributed by atoms with Crippen molar-refractivity contribution in [2.75, 3.05) is 27.2 Å². The number of aliphatic hydroxyl groups is 1. The number of likely N-dealkylation sites (N-methyl/N-ethyl adjacent to an activating group) is 1. The van der Waals surface area contributed by atoms with Crippen LogP contribution in [-0.4, -0.2) is 52.9 Å². The Morgan fingerprint density at radius 2 is 1.93 bits per heavy atom. The lowest BCUT2D eigenvalue weighted by Gasteiger charge is -2.56. The molecule has 0 amide bonds. The topological polar surface area (TPSA) is 65.8 Å². The number of fused-ring (bicyclic) bond motifs is 3. The first-order valence-electron chi connectivity index (χ1n) is 10.1. The van der Waals surface area contributed by atoms with Crippen LogP contribution in [0.3, 0.4) is 0 Å². The van der Waals surface area contributed by atoms with Gasteiger partial charge in [0.15, 0.2) is 0 Å². The van der Waals surface area contributed by atoms with Gasteiger partial charge in [0.05, 0.1) is 18.2 Å². The Bertz CT molecular complexity index is 1100. The maximum atomic E-state index is 12.0. The van der Waals surface area contributed by atoms with Crippen molar-refractivity contribution >= 4 is 10.9 Å². The Morgan fingerprint density at radius 1 is 1.10 bits per heavy atom. The molecule has 3 aromatic rings. The van der Waals surface area contributed by atoms with Gasteiger partial charge < -0.3 is 19.8 Å². The summed E-state index contributed by atoms with van der Waals surface area (Å²) in [7, 11) is 3.73. The molecule has 0 unspecified atom stereocenters. The molecule has 2 aromatic carbocycles. The number of β-amino-alcohol motifs (C(OH)–C–C–N with tert-alkyl or cyclic N) is 1. The summed E-state index contributed by atoms with van der Waals surface area (Å²) >= 11 is 0. The summed E-state index contributed by atoms with van der Waals surface area (Å²) in [6.07, 6.45) is 2.01. The van der Waals surface area contributed by atoms with Crippen LogP contribution in [0.1, 0.15) is 23.2 Å². The van der Waals surface area contributed by atoms with Crippen molar-refractivity contribution in [3.05, 3.63) is 65.4 Å². The average molecular weight is 390 g/mol. The van der Waals surface area contributed by atoms with Crippen LogP contribution in [0.2, 0.25) is 0 Å². The molecule has 2 N–H and O–H groups in total. The molecule has 1 aliphatic carbocycles. The van der Waals surface area contributed by atoms with Gasteiger partial charge in [-0.2, -0.15) is 0 Å². The number of aromatic nitrogens is 1. The van der Waals surface area contributed by atoms with Gasteiger partial charge >= 0.3 is 0 Å². The van der Waals surface area contributed by atoms with E-state index in [9.17, 15) is 10.2 Å². The lowest BCUT2D eigenvalue weighted by atomic mass is 9.56. The van der Waals surface area contributed by atoms with Crippen molar-refractivity contribution in [2.45, 2.75) is 30.3 Å². The minimum atomic E-state index is -0.932. The zero-order valence-electron chi connectivity index (χ0n) is 16.9. The molecule has 1 saturated heterocycles. The number of aromatic hydroxyl groups is 1. The highest BCUT2D eigenvalue weighted by Gasteiger charge is 2.57. The van der Waals surface area contributed by atoms with E-state index in [0.717, 1.165) is 46.4 Å². The standard InChI is InChI=1S/C24H26N2O3/c1-26-10-9-23(17-5-3-6-18(27)12-17)14-21-16(13-24(23,28)15-26)11-19-20(25-21)7-4-8-22(19)29-2/h3-8,11-12,27-28H,9-10,13-15H2,1-2H3/t23-,24-/m0/s1. The smallest absolute Gasteiger partial charge is 0.128 e. The summed E-state index contributed by atoms with van der Waals surface area (Å²) < 4.78 is 5.53. The van der Waals surface area contributed by atoms with E-state index in [4.69, 9.17) is 9.72 Å². The molecule has 150 valence electrons. The third kappa shape index (κ3) is 2.72. The first-order valence-corrected chi connectivity index (χ1v) is 10.1. The van der Waals surface area contributed by atoms with Crippen molar-refractivity contribution in [2.24, 2.45) is 0 Å². The number of hydrogen-bond acceptors (Lipinski definition) is 5. The Labute approximate surface area is 170 Å². The molecule has 1 aromatic heterocycles. The lowest BCUT2D eigenvalue weighted by Crippen LogP contribution is -2.66. The van der Waals surface area contributed by atoms with E-state index >= 15 is 0 Å². The molecule has 0 radical (unpaired) electrons. The van der Waals surface area contributed by atoms with Crippen LogP contribution in [0.4, 0.5) is 0 Å². The summed E-state index contributed by atoms with van der Waals surface area (Å²) in [5.74, 6) is 1.04. The van der Waals surface area contributed by atoms with Gasteiger partial charge in [0.1, 0.15) is 11.5 Å². The lowest BCUT2D eigenvalue weighted by molar-refractivity contribution is -0.0976.